The molecule has 3 rings (SSSR count). The third kappa shape index (κ3) is 5.58. The molecule has 0 fully saturated rings. The second-order valence-corrected chi connectivity index (χ2v) is 7.38. The monoisotopic (exact) mass is 400 g/mol. The van der Waals surface area contributed by atoms with Crippen molar-refractivity contribution in [1.82, 2.24) is 20.1 Å². The first-order valence-electron chi connectivity index (χ1n) is 8.75. The third-order valence-electron chi connectivity index (χ3n) is 4.03. The minimum Gasteiger partial charge on any atom is -0.351 e. The Balaban J connectivity index is 1.55. The van der Waals surface area contributed by atoms with Crippen LogP contribution in [0.5, 0.6) is 0 Å². The fourth-order valence-electron chi connectivity index (χ4n) is 2.68. The summed E-state index contributed by atoms with van der Waals surface area (Å²) in [6.07, 6.45) is 0.725. The van der Waals surface area contributed by atoms with Gasteiger partial charge < -0.3 is 9.88 Å². The van der Waals surface area contributed by atoms with Crippen LogP contribution in [0, 0.1) is 0 Å². The zero-order valence-electron chi connectivity index (χ0n) is 15.1. The average Bonchev–Trinajstić information content (AvgIpc) is 3.07. The van der Waals surface area contributed by atoms with E-state index < -0.39 is 0 Å². The van der Waals surface area contributed by atoms with Crippen molar-refractivity contribution >= 4 is 29.3 Å². The number of hydrogen-bond donors (Lipinski definition) is 1. The van der Waals surface area contributed by atoms with E-state index in [-0.39, 0.29) is 5.91 Å². The van der Waals surface area contributed by atoms with E-state index in [0.29, 0.717) is 17.3 Å². The molecule has 2 aromatic carbocycles. The molecular formula is C20H21ClN4OS. The van der Waals surface area contributed by atoms with Crippen molar-refractivity contribution in [2.75, 3.05) is 5.75 Å². The van der Waals surface area contributed by atoms with E-state index in [1.807, 2.05) is 42.5 Å². The molecule has 0 radical (unpaired) electrons. The summed E-state index contributed by atoms with van der Waals surface area (Å²) < 4.78 is 2.06. The van der Waals surface area contributed by atoms with Crippen molar-refractivity contribution in [3.05, 3.63) is 76.6 Å². The first-order valence-corrected chi connectivity index (χ1v) is 10.1. The number of thioether (sulfide) groups is 1. The molecule has 0 unspecified atom stereocenters. The Labute approximate surface area is 168 Å². The van der Waals surface area contributed by atoms with Crippen molar-refractivity contribution in [3.63, 3.8) is 0 Å². The summed E-state index contributed by atoms with van der Waals surface area (Å²) in [7, 11) is 0. The van der Waals surface area contributed by atoms with Crippen molar-refractivity contribution in [2.45, 2.75) is 31.6 Å². The van der Waals surface area contributed by atoms with Crippen LogP contribution in [-0.4, -0.2) is 26.4 Å². The first kappa shape index (κ1) is 19.5. The number of halogens is 1. The molecule has 5 nitrogen and oxygen atoms in total. The van der Waals surface area contributed by atoms with Gasteiger partial charge in [-0.15, -0.1) is 10.2 Å². The first-order chi connectivity index (χ1) is 13.2. The second-order valence-electron chi connectivity index (χ2n) is 6.00. The zero-order chi connectivity index (χ0) is 19.1. The Bertz CT molecular complexity index is 898. The fourth-order valence-corrected chi connectivity index (χ4v) is 3.75. The zero-order valence-corrected chi connectivity index (χ0v) is 16.6. The molecule has 0 atom stereocenters. The average molecular weight is 401 g/mol. The molecule has 0 bridgehead atoms. The molecule has 1 amide bonds. The topological polar surface area (TPSA) is 59.8 Å². The highest BCUT2D eigenvalue weighted by Gasteiger charge is 2.13. The molecule has 0 saturated carbocycles. The van der Waals surface area contributed by atoms with Gasteiger partial charge in [0.1, 0.15) is 5.82 Å². The maximum absolute atomic E-state index is 12.1. The van der Waals surface area contributed by atoms with Gasteiger partial charge in [-0.05, 0) is 30.2 Å². The van der Waals surface area contributed by atoms with Gasteiger partial charge in [-0.3, -0.25) is 4.79 Å². The maximum atomic E-state index is 12.1. The SMILES string of the molecule is CCn1c(Cc2ccccc2)nnc1SCC(=O)NCc1cccc(Cl)c1. The van der Waals surface area contributed by atoms with Gasteiger partial charge in [0.05, 0.1) is 5.75 Å². The van der Waals surface area contributed by atoms with Gasteiger partial charge in [-0.1, -0.05) is 65.8 Å². The van der Waals surface area contributed by atoms with E-state index in [4.69, 9.17) is 11.6 Å². The number of carbonyl (C=O) groups excluding carboxylic acids is 1. The molecule has 3 aromatic rings. The maximum Gasteiger partial charge on any atom is 0.230 e. The number of hydrogen-bond acceptors (Lipinski definition) is 4. The van der Waals surface area contributed by atoms with Crippen LogP contribution < -0.4 is 5.32 Å². The van der Waals surface area contributed by atoms with Crippen molar-refractivity contribution < 1.29 is 4.79 Å². The summed E-state index contributed by atoms with van der Waals surface area (Å²) in [5.74, 6) is 1.16. The summed E-state index contributed by atoms with van der Waals surface area (Å²) in [6, 6.07) is 17.6. The quantitative estimate of drug-likeness (QED) is 0.581. The summed E-state index contributed by atoms with van der Waals surface area (Å²) in [5.41, 5.74) is 2.16. The summed E-state index contributed by atoms with van der Waals surface area (Å²) in [6.45, 7) is 3.28. The van der Waals surface area contributed by atoms with Gasteiger partial charge >= 0.3 is 0 Å². The van der Waals surface area contributed by atoms with Crippen molar-refractivity contribution in [3.8, 4) is 0 Å². The Morgan fingerprint density at radius 1 is 1.11 bits per heavy atom. The lowest BCUT2D eigenvalue weighted by atomic mass is 10.1. The Hall–Kier alpha value is -2.31. The minimum absolute atomic E-state index is 0.0461. The van der Waals surface area contributed by atoms with E-state index in [1.54, 1.807) is 0 Å². The van der Waals surface area contributed by atoms with E-state index in [0.717, 1.165) is 29.5 Å². The van der Waals surface area contributed by atoms with E-state index >= 15 is 0 Å². The van der Waals surface area contributed by atoms with Crippen LogP contribution in [0.3, 0.4) is 0 Å². The number of amides is 1. The largest absolute Gasteiger partial charge is 0.351 e. The van der Waals surface area contributed by atoms with Crippen LogP contribution in [0.1, 0.15) is 23.9 Å². The standard InChI is InChI=1S/C20H21ClN4OS/c1-2-25-18(12-15-7-4-3-5-8-15)23-24-20(25)27-14-19(26)22-13-16-9-6-10-17(21)11-16/h3-11H,2,12-14H2,1H3,(H,22,26). The molecule has 1 aromatic heterocycles. The van der Waals surface area contributed by atoms with Gasteiger partial charge in [-0.25, -0.2) is 0 Å². The highest BCUT2D eigenvalue weighted by Crippen LogP contribution is 2.19. The Kier molecular flexibility index (Phi) is 6.90. The lowest BCUT2D eigenvalue weighted by Gasteiger charge is -2.08. The Morgan fingerprint density at radius 3 is 2.63 bits per heavy atom. The third-order valence-corrected chi connectivity index (χ3v) is 5.23. The van der Waals surface area contributed by atoms with Crippen LogP contribution in [0.4, 0.5) is 0 Å². The molecular weight excluding hydrogens is 380 g/mol. The van der Waals surface area contributed by atoms with Gasteiger partial charge in [0.15, 0.2) is 5.16 Å². The van der Waals surface area contributed by atoms with Crippen LogP contribution in [0.2, 0.25) is 5.02 Å². The summed E-state index contributed by atoms with van der Waals surface area (Å²) >= 11 is 7.36. The van der Waals surface area contributed by atoms with Gasteiger partial charge in [-0.2, -0.15) is 0 Å². The van der Waals surface area contributed by atoms with Gasteiger partial charge in [0.2, 0.25) is 5.91 Å². The highest BCUT2D eigenvalue weighted by molar-refractivity contribution is 7.99. The van der Waals surface area contributed by atoms with Gasteiger partial charge in [0, 0.05) is 24.5 Å². The second kappa shape index (κ2) is 9.58. The number of rotatable bonds is 8. The fraction of sp³-hybridized carbons (Fsp3) is 0.250. The van der Waals surface area contributed by atoms with Gasteiger partial charge in [0.25, 0.3) is 0 Å². The van der Waals surface area contributed by atoms with E-state index in [1.165, 1.54) is 17.3 Å². The number of nitrogens with zero attached hydrogens (tertiary/aromatic N) is 3. The van der Waals surface area contributed by atoms with Crippen molar-refractivity contribution in [2.24, 2.45) is 0 Å². The molecule has 1 heterocycles. The molecule has 0 aliphatic rings. The van der Waals surface area contributed by atoms with Crippen LogP contribution >= 0.6 is 23.4 Å². The molecule has 7 heteroatoms. The summed E-state index contributed by atoms with van der Waals surface area (Å²) in [5, 5.41) is 12.9. The van der Waals surface area contributed by atoms with E-state index in [2.05, 4.69) is 39.1 Å². The molecule has 27 heavy (non-hydrogen) atoms. The molecule has 140 valence electrons. The smallest absolute Gasteiger partial charge is 0.230 e. The molecule has 0 aliphatic heterocycles. The minimum atomic E-state index is -0.0461. The number of nitrogens with one attached hydrogen (secondary N) is 1. The summed E-state index contributed by atoms with van der Waals surface area (Å²) in [4.78, 5) is 12.1. The normalized spacial score (nSPS) is 10.7. The number of benzene rings is 2. The van der Waals surface area contributed by atoms with Crippen LogP contribution in [0.15, 0.2) is 59.8 Å². The molecule has 0 aliphatic carbocycles. The highest BCUT2D eigenvalue weighted by atomic mass is 35.5. The van der Waals surface area contributed by atoms with Crippen molar-refractivity contribution in [1.29, 1.82) is 0 Å². The molecule has 0 spiro atoms. The molecule has 0 saturated heterocycles. The number of aromatic nitrogens is 3. The lowest BCUT2D eigenvalue weighted by Crippen LogP contribution is -2.24. The van der Waals surface area contributed by atoms with Crippen LogP contribution in [-0.2, 0) is 24.3 Å². The lowest BCUT2D eigenvalue weighted by molar-refractivity contribution is -0.118. The Morgan fingerprint density at radius 2 is 1.89 bits per heavy atom. The predicted molar refractivity (Wildman–Crippen MR) is 109 cm³/mol. The van der Waals surface area contributed by atoms with Crippen LogP contribution in [0.25, 0.3) is 0 Å². The van der Waals surface area contributed by atoms with E-state index in [9.17, 15) is 4.79 Å². The predicted octanol–water partition coefficient (Wildman–Crippen LogP) is 3.95. The number of carbonyl (C=O) groups is 1. The molecule has 1 N–H and O–H groups in total.